The van der Waals surface area contributed by atoms with Gasteiger partial charge in [-0.25, -0.2) is 0 Å². The summed E-state index contributed by atoms with van der Waals surface area (Å²) in [4.78, 5) is 12.0. The third kappa shape index (κ3) is 6.17. The van der Waals surface area contributed by atoms with E-state index in [-0.39, 0.29) is 11.3 Å². The molecule has 2 unspecified atom stereocenters. The van der Waals surface area contributed by atoms with E-state index in [0.717, 1.165) is 25.0 Å². The van der Waals surface area contributed by atoms with Crippen molar-refractivity contribution in [2.45, 2.75) is 70.6 Å². The number of hydrogen-bond acceptors (Lipinski definition) is 3. The minimum atomic E-state index is 0.180. The largest absolute Gasteiger partial charge is 0.352 e. The summed E-state index contributed by atoms with van der Waals surface area (Å²) in [6.07, 6.45) is 6.19. The summed E-state index contributed by atoms with van der Waals surface area (Å²) in [6, 6.07) is 0.398. The maximum Gasteiger partial charge on any atom is 0.220 e. The van der Waals surface area contributed by atoms with Crippen molar-refractivity contribution in [2.75, 3.05) is 12.3 Å². The van der Waals surface area contributed by atoms with Crippen LogP contribution in [0.15, 0.2) is 0 Å². The van der Waals surface area contributed by atoms with Gasteiger partial charge in [0, 0.05) is 17.7 Å². The molecule has 4 heteroatoms. The van der Waals surface area contributed by atoms with Crippen LogP contribution in [0.4, 0.5) is 0 Å². The number of amides is 1. The minimum Gasteiger partial charge on any atom is -0.352 e. The van der Waals surface area contributed by atoms with Crippen LogP contribution in [0.3, 0.4) is 0 Å². The van der Waals surface area contributed by atoms with Gasteiger partial charge in [0.1, 0.15) is 0 Å². The molecule has 0 spiro atoms. The topological polar surface area (TPSA) is 55.1 Å². The van der Waals surface area contributed by atoms with Crippen LogP contribution in [-0.4, -0.2) is 29.5 Å². The van der Waals surface area contributed by atoms with Gasteiger partial charge < -0.3 is 11.1 Å². The number of hydrogen-bond donors (Lipinski definition) is 2. The Hall–Kier alpha value is -0.220. The minimum absolute atomic E-state index is 0.180. The van der Waals surface area contributed by atoms with Crippen molar-refractivity contribution in [2.24, 2.45) is 11.1 Å². The molecule has 0 aliphatic heterocycles. The third-order valence-electron chi connectivity index (χ3n) is 4.03. The Morgan fingerprint density at radius 3 is 2.74 bits per heavy atom. The summed E-state index contributed by atoms with van der Waals surface area (Å²) in [5.74, 6) is 1.36. The second-order valence-electron chi connectivity index (χ2n) is 6.30. The van der Waals surface area contributed by atoms with Crippen LogP contribution >= 0.6 is 11.8 Å². The van der Waals surface area contributed by atoms with Crippen LogP contribution in [0.1, 0.15) is 59.3 Å². The summed E-state index contributed by atoms with van der Waals surface area (Å²) in [7, 11) is 0. The molecule has 1 aliphatic rings. The predicted octanol–water partition coefficient (Wildman–Crippen LogP) is 2.93. The number of carbonyl (C=O) groups is 1. The molecule has 2 atom stereocenters. The van der Waals surface area contributed by atoms with E-state index in [1.807, 2.05) is 11.8 Å². The van der Waals surface area contributed by atoms with E-state index in [1.165, 1.54) is 12.8 Å². The van der Waals surface area contributed by atoms with Gasteiger partial charge in [-0.05, 0) is 43.4 Å². The highest BCUT2D eigenvalue weighted by Crippen LogP contribution is 2.30. The molecular weight excluding hydrogens is 256 g/mol. The Bertz CT molecular complexity index is 281. The third-order valence-corrected chi connectivity index (χ3v) is 5.36. The second kappa shape index (κ2) is 8.15. The molecule has 0 aromatic heterocycles. The SMILES string of the molecule is CCSC1CCCC1NC(=O)CCC(C)(C)CCN. The quantitative estimate of drug-likeness (QED) is 0.721. The molecule has 0 aromatic rings. The van der Waals surface area contributed by atoms with Crippen molar-refractivity contribution in [3.8, 4) is 0 Å². The normalized spacial score (nSPS) is 23.6. The van der Waals surface area contributed by atoms with E-state index in [0.29, 0.717) is 24.3 Å². The van der Waals surface area contributed by atoms with Crippen LogP contribution in [-0.2, 0) is 4.79 Å². The fraction of sp³-hybridized carbons (Fsp3) is 0.933. The molecule has 0 bridgehead atoms. The first-order valence-corrected chi connectivity index (χ1v) is 8.64. The lowest BCUT2D eigenvalue weighted by Crippen LogP contribution is -2.39. The van der Waals surface area contributed by atoms with Gasteiger partial charge in [-0.15, -0.1) is 0 Å². The van der Waals surface area contributed by atoms with E-state index in [9.17, 15) is 4.79 Å². The summed E-state index contributed by atoms with van der Waals surface area (Å²) in [5.41, 5.74) is 5.78. The van der Waals surface area contributed by atoms with Crippen LogP contribution in [0.25, 0.3) is 0 Å². The predicted molar refractivity (Wildman–Crippen MR) is 84.4 cm³/mol. The van der Waals surface area contributed by atoms with Crippen LogP contribution in [0.5, 0.6) is 0 Å². The van der Waals surface area contributed by atoms with Gasteiger partial charge in [0.2, 0.25) is 5.91 Å². The van der Waals surface area contributed by atoms with E-state index in [1.54, 1.807) is 0 Å². The zero-order chi connectivity index (χ0) is 14.3. The van der Waals surface area contributed by atoms with E-state index in [4.69, 9.17) is 5.73 Å². The molecular formula is C15H30N2OS. The Morgan fingerprint density at radius 1 is 1.37 bits per heavy atom. The van der Waals surface area contributed by atoms with Gasteiger partial charge in [-0.1, -0.05) is 27.2 Å². The molecule has 3 nitrogen and oxygen atoms in total. The van der Waals surface area contributed by atoms with Crippen molar-refractivity contribution >= 4 is 17.7 Å². The molecule has 1 amide bonds. The zero-order valence-electron chi connectivity index (χ0n) is 12.7. The average Bonchev–Trinajstić information content (AvgIpc) is 2.75. The molecule has 1 aliphatic carbocycles. The number of thioether (sulfide) groups is 1. The Morgan fingerprint density at radius 2 is 2.11 bits per heavy atom. The monoisotopic (exact) mass is 286 g/mol. The van der Waals surface area contributed by atoms with Crippen molar-refractivity contribution < 1.29 is 4.79 Å². The van der Waals surface area contributed by atoms with Crippen LogP contribution in [0, 0.1) is 5.41 Å². The molecule has 19 heavy (non-hydrogen) atoms. The van der Waals surface area contributed by atoms with Crippen molar-refractivity contribution in [3.05, 3.63) is 0 Å². The van der Waals surface area contributed by atoms with Crippen LogP contribution < -0.4 is 11.1 Å². The molecule has 0 heterocycles. The van der Waals surface area contributed by atoms with Gasteiger partial charge in [0.15, 0.2) is 0 Å². The van der Waals surface area contributed by atoms with E-state index >= 15 is 0 Å². The lowest BCUT2D eigenvalue weighted by molar-refractivity contribution is -0.122. The fourth-order valence-electron chi connectivity index (χ4n) is 2.75. The number of rotatable bonds is 8. The number of nitrogens with one attached hydrogen (secondary N) is 1. The summed E-state index contributed by atoms with van der Waals surface area (Å²) in [6.45, 7) is 7.28. The van der Waals surface area contributed by atoms with Crippen LogP contribution in [0.2, 0.25) is 0 Å². The maximum atomic E-state index is 12.0. The number of nitrogens with two attached hydrogens (primary N) is 1. The van der Waals surface area contributed by atoms with Crippen molar-refractivity contribution in [1.29, 1.82) is 0 Å². The van der Waals surface area contributed by atoms with E-state index < -0.39 is 0 Å². The van der Waals surface area contributed by atoms with Gasteiger partial charge in [0.05, 0.1) is 0 Å². The lowest BCUT2D eigenvalue weighted by Gasteiger charge is -2.25. The second-order valence-corrected chi connectivity index (χ2v) is 7.82. The highest BCUT2D eigenvalue weighted by molar-refractivity contribution is 7.99. The Balaban J connectivity index is 2.30. The molecule has 3 N–H and O–H groups in total. The lowest BCUT2D eigenvalue weighted by atomic mass is 9.84. The van der Waals surface area contributed by atoms with Gasteiger partial charge in [0.25, 0.3) is 0 Å². The zero-order valence-corrected chi connectivity index (χ0v) is 13.5. The highest BCUT2D eigenvalue weighted by atomic mass is 32.2. The Kier molecular flexibility index (Phi) is 7.22. The molecule has 1 saturated carbocycles. The average molecular weight is 286 g/mol. The molecule has 0 aromatic carbocycles. The molecule has 1 fully saturated rings. The smallest absolute Gasteiger partial charge is 0.220 e. The maximum absolute atomic E-state index is 12.0. The van der Waals surface area contributed by atoms with Gasteiger partial charge >= 0.3 is 0 Å². The molecule has 1 rings (SSSR count). The van der Waals surface area contributed by atoms with E-state index in [2.05, 4.69) is 26.1 Å². The summed E-state index contributed by atoms with van der Waals surface area (Å²) >= 11 is 1.99. The number of carbonyl (C=O) groups excluding carboxylic acids is 1. The summed E-state index contributed by atoms with van der Waals surface area (Å²) in [5, 5.41) is 3.87. The first kappa shape index (κ1) is 16.8. The van der Waals surface area contributed by atoms with Gasteiger partial charge in [-0.2, -0.15) is 11.8 Å². The molecule has 0 radical (unpaired) electrons. The fourth-order valence-corrected chi connectivity index (χ4v) is 3.95. The first-order valence-electron chi connectivity index (χ1n) is 7.59. The van der Waals surface area contributed by atoms with Crippen molar-refractivity contribution in [1.82, 2.24) is 5.32 Å². The molecule has 112 valence electrons. The van der Waals surface area contributed by atoms with Crippen molar-refractivity contribution in [3.63, 3.8) is 0 Å². The standard InChI is InChI=1S/C15H30N2OS/c1-4-19-13-7-5-6-12(13)17-14(18)8-9-15(2,3)10-11-16/h12-13H,4-11,16H2,1-3H3,(H,17,18). The van der Waals surface area contributed by atoms with Gasteiger partial charge in [-0.3, -0.25) is 4.79 Å². The summed E-state index contributed by atoms with van der Waals surface area (Å²) < 4.78 is 0. The first-order chi connectivity index (χ1) is 8.98. The highest BCUT2D eigenvalue weighted by Gasteiger charge is 2.28. The Labute approximate surface area is 122 Å². The molecule has 0 saturated heterocycles.